The highest BCUT2D eigenvalue weighted by Gasteiger charge is 2.25. The molecule has 0 fully saturated rings. The predicted octanol–water partition coefficient (Wildman–Crippen LogP) is 4.23. The Morgan fingerprint density at radius 1 is 1.20 bits per heavy atom. The number of aromatic nitrogens is 7. The Bertz CT molecular complexity index is 1310. The van der Waals surface area contributed by atoms with Crippen LogP contribution in [0, 0.1) is 12.7 Å². The molecule has 30 heavy (non-hydrogen) atoms. The smallest absolute Gasteiger partial charge is 0.242 e. The molecule has 1 N–H and O–H groups in total. The second-order valence-electron chi connectivity index (χ2n) is 6.67. The number of rotatable bonds is 5. The van der Waals surface area contributed by atoms with Gasteiger partial charge in [-0.2, -0.15) is 21.5 Å². The Morgan fingerprint density at radius 2 is 2.07 bits per heavy atom. The summed E-state index contributed by atoms with van der Waals surface area (Å²) in [6, 6.07) is 8.40. The van der Waals surface area contributed by atoms with Gasteiger partial charge in [0.1, 0.15) is 17.7 Å². The van der Waals surface area contributed by atoms with Crippen molar-refractivity contribution in [3.8, 4) is 28.4 Å². The van der Waals surface area contributed by atoms with Crippen molar-refractivity contribution in [3.05, 3.63) is 64.8 Å². The third-order valence-electron chi connectivity index (χ3n) is 4.72. The van der Waals surface area contributed by atoms with Crippen LogP contribution in [0.3, 0.4) is 0 Å². The monoisotopic (exact) mass is 421 g/mol. The normalized spacial score (nSPS) is 12.4. The topological polar surface area (TPSA) is 93.9 Å². The standard InChI is InChI=1S/C20H16FN7OS/c1-11-17-16(13-7-8-30-9-13)20(29-12(2)18-22-10-23-25-18)27-28(17)19(26-24-11)14-5-3-4-6-15(14)21/h3-10,12H,1-2H3,(H,22,23,25). The van der Waals surface area contributed by atoms with Crippen molar-refractivity contribution in [2.75, 3.05) is 0 Å². The van der Waals surface area contributed by atoms with Gasteiger partial charge in [0.2, 0.25) is 5.88 Å². The minimum atomic E-state index is -0.423. The van der Waals surface area contributed by atoms with Crippen LogP contribution < -0.4 is 4.74 Å². The number of thiophene rings is 1. The van der Waals surface area contributed by atoms with E-state index in [0.29, 0.717) is 34.3 Å². The van der Waals surface area contributed by atoms with Crippen molar-refractivity contribution in [2.24, 2.45) is 0 Å². The van der Waals surface area contributed by atoms with Crippen molar-refractivity contribution in [2.45, 2.75) is 20.0 Å². The SMILES string of the molecule is Cc1nnc(-c2ccccc2F)n2nc(OC(C)c3ncn[nH]3)c(-c3ccsc3)c12. The highest BCUT2D eigenvalue weighted by Crippen LogP contribution is 2.39. The van der Waals surface area contributed by atoms with E-state index in [-0.39, 0.29) is 0 Å². The number of aryl methyl sites for hydroxylation is 1. The summed E-state index contributed by atoms with van der Waals surface area (Å²) >= 11 is 1.56. The molecule has 0 aliphatic rings. The van der Waals surface area contributed by atoms with Crippen LogP contribution in [0.5, 0.6) is 5.88 Å². The number of benzene rings is 1. The predicted molar refractivity (Wildman–Crippen MR) is 110 cm³/mol. The lowest BCUT2D eigenvalue weighted by atomic mass is 10.1. The van der Waals surface area contributed by atoms with Gasteiger partial charge in [-0.1, -0.05) is 12.1 Å². The molecule has 1 aromatic carbocycles. The Morgan fingerprint density at radius 3 is 2.80 bits per heavy atom. The highest BCUT2D eigenvalue weighted by atomic mass is 32.1. The number of halogens is 1. The molecule has 4 aromatic heterocycles. The van der Waals surface area contributed by atoms with Crippen LogP contribution in [-0.2, 0) is 0 Å². The largest absolute Gasteiger partial charge is 0.465 e. The number of H-pyrrole nitrogens is 1. The maximum Gasteiger partial charge on any atom is 0.242 e. The number of fused-ring (bicyclic) bond motifs is 1. The third-order valence-corrected chi connectivity index (χ3v) is 5.41. The zero-order valence-corrected chi connectivity index (χ0v) is 16.9. The van der Waals surface area contributed by atoms with Crippen molar-refractivity contribution in [1.29, 1.82) is 0 Å². The highest BCUT2D eigenvalue weighted by molar-refractivity contribution is 7.08. The van der Waals surface area contributed by atoms with E-state index >= 15 is 0 Å². The molecule has 0 bridgehead atoms. The Labute approximate surface area is 174 Å². The van der Waals surface area contributed by atoms with Gasteiger partial charge in [-0.05, 0) is 42.8 Å². The van der Waals surface area contributed by atoms with Crippen LogP contribution in [0.2, 0.25) is 0 Å². The average Bonchev–Trinajstić information content (AvgIpc) is 3.50. The Balaban J connectivity index is 1.75. The van der Waals surface area contributed by atoms with Gasteiger partial charge in [-0.3, -0.25) is 5.10 Å². The van der Waals surface area contributed by atoms with Gasteiger partial charge in [0.25, 0.3) is 0 Å². The van der Waals surface area contributed by atoms with Gasteiger partial charge < -0.3 is 4.74 Å². The van der Waals surface area contributed by atoms with Gasteiger partial charge >= 0.3 is 0 Å². The first-order valence-corrected chi connectivity index (χ1v) is 10.1. The van der Waals surface area contributed by atoms with Gasteiger partial charge in [0.05, 0.1) is 16.8 Å². The first kappa shape index (κ1) is 18.4. The molecule has 5 rings (SSSR count). The summed E-state index contributed by atoms with van der Waals surface area (Å²) in [7, 11) is 0. The van der Waals surface area contributed by atoms with E-state index in [0.717, 1.165) is 11.1 Å². The molecule has 0 radical (unpaired) electrons. The summed E-state index contributed by atoms with van der Waals surface area (Å²) < 4.78 is 22.3. The molecule has 0 aliphatic heterocycles. The van der Waals surface area contributed by atoms with Crippen molar-refractivity contribution in [3.63, 3.8) is 0 Å². The molecule has 0 aliphatic carbocycles. The maximum absolute atomic E-state index is 14.5. The minimum absolute atomic E-state index is 0.298. The minimum Gasteiger partial charge on any atom is -0.465 e. The maximum atomic E-state index is 14.5. The van der Waals surface area contributed by atoms with Gasteiger partial charge in [0, 0.05) is 5.56 Å². The zero-order chi connectivity index (χ0) is 20.7. The van der Waals surface area contributed by atoms with E-state index in [2.05, 4.69) is 30.5 Å². The quantitative estimate of drug-likeness (QED) is 0.457. The van der Waals surface area contributed by atoms with E-state index in [1.807, 2.05) is 30.7 Å². The molecule has 0 saturated heterocycles. The summed E-state index contributed by atoms with van der Waals surface area (Å²) in [4.78, 5) is 4.15. The third kappa shape index (κ3) is 3.01. The summed E-state index contributed by atoms with van der Waals surface area (Å²) in [5.74, 6) is 0.854. The Kier molecular flexibility index (Phi) is 4.47. The van der Waals surface area contributed by atoms with Gasteiger partial charge in [-0.15, -0.1) is 10.2 Å². The van der Waals surface area contributed by atoms with Crippen LogP contribution >= 0.6 is 11.3 Å². The van der Waals surface area contributed by atoms with E-state index in [9.17, 15) is 4.39 Å². The lowest BCUT2D eigenvalue weighted by molar-refractivity contribution is 0.208. The lowest BCUT2D eigenvalue weighted by Gasteiger charge is -2.10. The number of nitrogens with zero attached hydrogens (tertiary/aromatic N) is 6. The van der Waals surface area contributed by atoms with E-state index in [4.69, 9.17) is 4.74 Å². The number of ether oxygens (including phenoxy) is 1. The van der Waals surface area contributed by atoms with Crippen molar-refractivity contribution in [1.82, 2.24) is 35.0 Å². The van der Waals surface area contributed by atoms with Gasteiger partial charge in [-0.25, -0.2) is 13.9 Å². The Hall–Kier alpha value is -3.66. The van der Waals surface area contributed by atoms with Crippen LogP contribution in [0.25, 0.3) is 28.0 Å². The first-order valence-electron chi connectivity index (χ1n) is 9.19. The molecule has 8 nitrogen and oxygen atoms in total. The molecular weight excluding hydrogens is 405 g/mol. The molecule has 1 atom stereocenters. The first-order chi connectivity index (χ1) is 14.6. The summed E-state index contributed by atoms with van der Waals surface area (Å²) in [6.07, 6.45) is 1.00. The molecule has 0 saturated carbocycles. The number of nitrogens with one attached hydrogen (secondary N) is 1. The number of aromatic amines is 1. The second kappa shape index (κ2) is 7.30. The molecule has 0 amide bonds. The number of hydrogen-bond acceptors (Lipinski definition) is 7. The van der Waals surface area contributed by atoms with Crippen LogP contribution in [0.1, 0.15) is 24.5 Å². The lowest BCUT2D eigenvalue weighted by Crippen LogP contribution is -2.06. The van der Waals surface area contributed by atoms with Gasteiger partial charge in [0.15, 0.2) is 17.8 Å². The second-order valence-corrected chi connectivity index (χ2v) is 7.45. The van der Waals surface area contributed by atoms with Crippen molar-refractivity contribution < 1.29 is 9.13 Å². The molecular formula is C20H16FN7OS. The summed E-state index contributed by atoms with van der Waals surface area (Å²) in [6.45, 7) is 3.69. The molecule has 10 heteroatoms. The summed E-state index contributed by atoms with van der Waals surface area (Å²) in [5.41, 5.74) is 3.38. The fourth-order valence-electron chi connectivity index (χ4n) is 3.29. The fraction of sp³-hybridized carbons (Fsp3) is 0.150. The average molecular weight is 421 g/mol. The fourth-order valence-corrected chi connectivity index (χ4v) is 3.94. The number of hydrogen-bond donors (Lipinski definition) is 1. The van der Waals surface area contributed by atoms with Crippen LogP contribution in [0.15, 0.2) is 47.4 Å². The molecule has 1 unspecified atom stereocenters. The van der Waals surface area contributed by atoms with Crippen LogP contribution in [-0.4, -0.2) is 35.0 Å². The van der Waals surface area contributed by atoms with E-state index in [1.54, 1.807) is 34.1 Å². The zero-order valence-electron chi connectivity index (χ0n) is 16.1. The summed E-state index contributed by atoms with van der Waals surface area (Å²) in [5, 5.41) is 23.8. The van der Waals surface area contributed by atoms with E-state index < -0.39 is 11.9 Å². The molecule has 0 spiro atoms. The molecule has 5 aromatic rings. The molecule has 150 valence electrons. The van der Waals surface area contributed by atoms with Crippen molar-refractivity contribution >= 4 is 16.9 Å². The molecule has 4 heterocycles. The van der Waals surface area contributed by atoms with E-state index in [1.165, 1.54) is 12.4 Å². The van der Waals surface area contributed by atoms with Crippen LogP contribution in [0.4, 0.5) is 4.39 Å².